The Hall–Kier alpha value is -3.81. The van der Waals surface area contributed by atoms with Gasteiger partial charge in [-0.05, 0) is 41.5 Å². The second-order valence-electron chi connectivity index (χ2n) is 10.5. The molecule has 1 fully saturated rings. The fraction of sp³-hybridized carbons (Fsp3) is 0.382. The highest BCUT2D eigenvalue weighted by Gasteiger charge is 2.33. The Morgan fingerprint density at radius 2 is 1.54 bits per heavy atom. The van der Waals surface area contributed by atoms with Crippen LogP contribution in [0.1, 0.15) is 54.4 Å². The molecule has 1 saturated heterocycles. The molecule has 3 atom stereocenters. The van der Waals surface area contributed by atoms with Gasteiger partial charge in [0.05, 0.1) is 25.9 Å². The van der Waals surface area contributed by atoms with Crippen LogP contribution in [-0.4, -0.2) is 56.1 Å². The van der Waals surface area contributed by atoms with Gasteiger partial charge < -0.3 is 20.1 Å². The van der Waals surface area contributed by atoms with E-state index in [1.807, 2.05) is 91.9 Å². The van der Waals surface area contributed by atoms with Crippen LogP contribution in [0.3, 0.4) is 0 Å². The lowest BCUT2D eigenvalue weighted by atomic mass is 9.81. The van der Waals surface area contributed by atoms with E-state index in [1.165, 1.54) is 7.11 Å². The van der Waals surface area contributed by atoms with Gasteiger partial charge in [0.2, 0.25) is 0 Å². The predicted molar refractivity (Wildman–Crippen MR) is 159 cm³/mol. The summed E-state index contributed by atoms with van der Waals surface area (Å²) in [4.78, 5) is 38.7. The summed E-state index contributed by atoms with van der Waals surface area (Å²) in [6.07, 6.45) is 2.42. The lowest BCUT2D eigenvalue weighted by Crippen LogP contribution is -2.50. The van der Waals surface area contributed by atoms with E-state index in [-0.39, 0.29) is 36.1 Å². The number of Topliss-reactive ketones (excluding diaryl/α,β-unsaturated/α-hetero) is 2. The van der Waals surface area contributed by atoms with Crippen molar-refractivity contribution in [3.63, 3.8) is 0 Å². The summed E-state index contributed by atoms with van der Waals surface area (Å²) in [5.74, 6) is -0.288. The van der Waals surface area contributed by atoms with E-state index in [1.54, 1.807) is 0 Å². The van der Waals surface area contributed by atoms with Crippen molar-refractivity contribution in [3.8, 4) is 0 Å². The lowest BCUT2D eigenvalue weighted by Gasteiger charge is -2.30. The Balaban J connectivity index is 1.50. The summed E-state index contributed by atoms with van der Waals surface area (Å²) in [5.41, 5.74) is 3.86. The minimum atomic E-state index is -0.830. The van der Waals surface area contributed by atoms with Gasteiger partial charge in [-0.25, -0.2) is 4.79 Å². The van der Waals surface area contributed by atoms with Crippen LogP contribution in [0, 0.1) is 0 Å². The zero-order chi connectivity index (χ0) is 29.0. The number of morpholine rings is 1. The Morgan fingerprint density at radius 3 is 2.10 bits per heavy atom. The number of hydrogen-bond donors (Lipinski definition) is 2. The Morgan fingerprint density at radius 1 is 0.927 bits per heavy atom. The molecule has 0 radical (unpaired) electrons. The molecule has 1 heterocycles. The highest BCUT2D eigenvalue weighted by atomic mass is 16.5. The summed E-state index contributed by atoms with van der Waals surface area (Å²) >= 11 is 0. The van der Waals surface area contributed by atoms with Crippen molar-refractivity contribution in [2.45, 2.75) is 63.1 Å². The largest absolute Gasteiger partial charge is 0.453 e. The quantitative estimate of drug-likeness (QED) is 0.307. The molecule has 7 nitrogen and oxygen atoms in total. The third kappa shape index (κ3) is 8.35. The van der Waals surface area contributed by atoms with Gasteiger partial charge in [-0.2, -0.15) is 0 Å². The zero-order valence-corrected chi connectivity index (χ0v) is 23.9. The first-order chi connectivity index (χ1) is 20.0. The van der Waals surface area contributed by atoms with Gasteiger partial charge in [-0.1, -0.05) is 91.9 Å². The molecule has 0 bridgehead atoms. The first-order valence-electron chi connectivity index (χ1n) is 14.4. The fourth-order valence-corrected chi connectivity index (χ4v) is 5.46. The van der Waals surface area contributed by atoms with Crippen LogP contribution < -0.4 is 10.6 Å². The first-order valence-corrected chi connectivity index (χ1v) is 14.4. The summed E-state index contributed by atoms with van der Waals surface area (Å²) in [6, 6.07) is 26.4. The number of hydrogen-bond acceptors (Lipinski definition) is 6. The number of benzene rings is 3. The van der Waals surface area contributed by atoms with Crippen molar-refractivity contribution in [1.29, 1.82) is 0 Å². The van der Waals surface area contributed by atoms with Gasteiger partial charge in [-0.3, -0.25) is 9.59 Å². The van der Waals surface area contributed by atoms with E-state index in [4.69, 9.17) is 9.47 Å². The van der Waals surface area contributed by atoms with Crippen molar-refractivity contribution >= 4 is 17.7 Å². The van der Waals surface area contributed by atoms with Gasteiger partial charge in [0, 0.05) is 25.3 Å². The number of methoxy groups -OCH3 is 1. The van der Waals surface area contributed by atoms with Crippen molar-refractivity contribution in [3.05, 3.63) is 107 Å². The molecule has 1 amide bonds. The number of carbonyl (C=O) groups excluding carboxylic acids is 3. The van der Waals surface area contributed by atoms with Crippen molar-refractivity contribution < 1.29 is 23.9 Å². The number of ketones is 2. The van der Waals surface area contributed by atoms with Crippen molar-refractivity contribution in [1.82, 2.24) is 10.6 Å². The molecule has 3 aromatic carbocycles. The topological polar surface area (TPSA) is 93.7 Å². The number of carbonyl (C=O) groups is 3. The molecule has 0 spiro atoms. The number of rotatable bonds is 13. The number of nitrogens with one attached hydrogen (secondary N) is 2. The van der Waals surface area contributed by atoms with Crippen LogP contribution in [0.2, 0.25) is 0 Å². The van der Waals surface area contributed by atoms with E-state index < -0.39 is 12.1 Å². The molecule has 0 saturated carbocycles. The average Bonchev–Trinajstić information content (AvgIpc) is 3.01. The lowest BCUT2D eigenvalue weighted by molar-refractivity contribution is -0.125. The molecule has 7 heteroatoms. The average molecular weight is 557 g/mol. The number of aryl methyl sites for hydroxylation is 1. The van der Waals surface area contributed by atoms with E-state index in [0.717, 1.165) is 41.5 Å². The van der Waals surface area contributed by atoms with Crippen LogP contribution in [0.4, 0.5) is 4.79 Å². The Bertz CT molecular complexity index is 1230. The SMILES string of the molecule is CCCC(=O)[C@@H]1CO[C@H](CCc2ccccc2CC(=O)[C@@H](NC(=O)OC)C(c2ccccc2)c2ccccc2)CN1. The summed E-state index contributed by atoms with van der Waals surface area (Å²) in [6.45, 7) is 3.02. The maximum Gasteiger partial charge on any atom is 0.407 e. The van der Waals surface area contributed by atoms with E-state index in [9.17, 15) is 14.4 Å². The molecule has 0 aliphatic carbocycles. The third-order valence-electron chi connectivity index (χ3n) is 7.65. The van der Waals surface area contributed by atoms with Crippen LogP contribution >= 0.6 is 0 Å². The molecule has 3 aromatic rings. The van der Waals surface area contributed by atoms with Crippen LogP contribution in [0.25, 0.3) is 0 Å². The first kappa shape index (κ1) is 30.2. The van der Waals surface area contributed by atoms with Gasteiger partial charge in [0.1, 0.15) is 6.04 Å². The molecular weight excluding hydrogens is 516 g/mol. The summed E-state index contributed by atoms with van der Waals surface area (Å²) < 4.78 is 10.9. The van der Waals surface area contributed by atoms with Crippen LogP contribution in [0.15, 0.2) is 84.9 Å². The minimum absolute atomic E-state index is 0.00119. The number of alkyl carbamates (subject to hydrolysis) is 1. The molecule has 0 aromatic heterocycles. The van der Waals surface area contributed by atoms with Crippen molar-refractivity contribution in [2.75, 3.05) is 20.3 Å². The summed E-state index contributed by atoms with van der Waals surface area (Å²) in [7, 11) is 1.30. The van der Waals surface area contributed by atoms with E-state index in [0.29, 0.717) is 19.6 Å². The smallest absolute Gasteiger partial charge is 0.407 e. The normalized spacial score (nSPS) is 17.5. The molecule has 1 aliphatic heterocycles. The van der Waals surface area contributed by atoms with Gasteiger partial charge >= 0.3 is 6.09 Å². The van der Waals surface area contributed by atoms with Crippen LogP contribution in [-0.2, 0) is 31.9 Å². The predicted octanol–water partition coefficient (Wildman–Crippen LogP) is 5.01. The van der Waals surface area contributed by atoms with Gasteiger partial charge in [-0.15, -0.1) is 0 Å². The number of ether oxygens (including phenoxy) is 2. The minimum Gasteiger partial charge on any atom is -0.453 e. The standard InChI is InChI=1S/C34H40N2O5/c1-3-12-30(37)29-23-41-28(22-35-29)20-19-24-13-10-11-18-27(24)21-31(38)33(36-34(39)40-2)32(25-14-6-4-7-15-25)26-16-8-5-9-17-26/h4-11,13-18,28-29,32-33,35H,3,12,19-23H2,1-2H3,(H,36,39)/t28-,29+,33-/m1/s1. The fourth-order valence-electron chi connectivity index (χ4n) is 5.46. The Labute approximate surface area is 242 Å². The maximum absolute atomic E-state index is 14.0. The monoisotopic (exact) mass is 556 g/mol. The van der Waals surface area contributed by atoms with Gasteiger partial charge in [0.15, 0.2) is 11.6 Å². The molecular formula is C34H40N2O5. The second-order valence-corrected chi connectivity index (χ2v) is 10.5. The highest BCUT2D eigenvalue weighted by Crippen LogP contribution is 2.30. The molecule has 216 valence electrons. The molecule has 1 aliphatic rings. The highest BCUT2D eigenvalue weighted by molar-refractivity contribution is 5.91. The Kier molecular flexibility index (Phi) is 11.2. The zero-order valence-electron chi connectivity index (χ0n) is 23.9. The van der Waals surface area contributed by atoms with Gasteiger partial charge in [0.25, 0.3) is 0 Å². The van der Waals surface area contributed by atoms with E-state index in [2.05, 4.69) is 10.6 Å². The third-order valence-corrected chi connectivity index (χ3v) is 7.65. The number of amides is 1. The van der Waals surface area contributed by atoms with Crippen LogP contribution in [0.5, 0.6) is 0 Å². The second kappa shape index (κ2) is 15.3. The molecule has 41 heavy (non-hydrogen) atoms. The molecule has 4 rings (SSSR count). The van der Waals surface area contributed by atoms with Crippen molar-refractivity contribution in [2.24, 2.45) is 0 Å². The molecule has 2 N–H and O–H groups in total. The summed E-state index contributed by atoms with van der Waals surface area (Å²) in [5, 5.41) is 6.18. The van der Waals surface area contributed by atoms with E-state index >= 15 is 0 Å². The molecule has 0 unspecified atom stereocenters. The maximum atomic E-state index is 14.0.